The summed E-state index contributed by atoms with van der Waals surface area (Å²) < 4.78 is 5.60. The second-order valence-electron chi connectivity index (χ2n) is 6.30. The Morgan fingerprint density at radius 1 is 1.17 bits per heavy atom. The van der Waals surface area contributed by atoms with Crippen molar-refractivity contribution in [2.75, 3.05) is 50.8 Å². The molecule has 0 saturated carbocycles. The first-order chi connectivity index (χ1) is 11.6. The summed E-state index contributed by atoms with van der Waals surface area (Å²) in [6.45, 7) is 7.82. The summed E-state index contributed by atoms with van der Waals surface area (Å²) >= 11 is 0. The number of carbonyl (C=O) groups excluding carboxylic acids is 2. The third kappa shape index (κ3) is 3.51. The molecule has 0 radical (unpaired) electrons. The summed E-state index contributed by atoms with van der Waals surface area (Å²) in [5.74, 6) is -0.0171. The lowest BCUT2D eigenvalue weighted by Gasteiger charge is -2.39. The van der Waals surface area contributed by atoms with E-state index < -0.39 is 6.10 Å². The van der Waals surface area contributed by atoms with Gasteiger partial charge in [-0.1, -0.05) is 0 Å². The van der Waals surface area contributed by atoms with Crippen LogP contribution in [0.5, 0.6) is 0 Å². The molecule has 0 N–H and O–H groups in total. The molecule has 130 valence electrons. The van der Waals surface area contributed by atoms with E-state index >= 15 is 0 Å². The summed E-state index contributed by atoms with van der Waals surface area (Å²) in [4.78, 5) is 34.2. The molecule has 7 nitrogen and oxygen atoms in total. The number of hydrogen-bond acceptors (Lipinski definition) is 5. The van der Waals surface area contributed by atoms with E-state index in [1.165, 1.54) is 12.5 Å². The van der Waals surface area contributed by atoms with Gasteiger partial charge in [0.15, 0.2) is 6.10 Å². The molecule has 7 heteroatoms. The summed E-state index contributed by atoms with van der Waals surface area (Å²) in [6, 6.07) is 2.00. The Bertz CT molecular complexity index is 614. The molecule has 2 aliphatic heterocycles. The van der Waals surface area contributed by atoms with Crippen LogP contribution in [-0.4, -0.2) is 78.6 Å². The molecule has 3 rings (SSSR count). The van der Waals surface area contributed by atoms with Crippen molar-refractivity contribution in [3.8, 4) is 0 Å². The molecule has 2 amide bonds. The van der Waals surface area contributed by atoms with Gasteiger partial charge in [0, 0.05) is 45.8 Å². The second-order valence-corrected chi connectivity index (χ2v) is 6.30. The van der Waals surface area contributed by atoms with Gasteiger partial charge in [0.2, 0.25) is 5.91 Å². The second kappa shape index (κ2) is 7.17. The highest BCUT2D eigenvalue weighted by Crippen LogP contribution is 2.20. The van der Waals surface area contributed by atoms with E-state index in [0.29, 0.717) is 32.8 Å². The fourth-order valence-electron chi connectivity index (χ4n) is 3.24. The highest BCUT2D eigenvalue weighted by Gasteiger charge is 2.32. The molecule has 2 saturated heterocycles. The van der Waals surface area contributed by atoms with Gasteiger partial charge in [0.25, 0.3) is 5.91 Å². The van der Waals surface area contributed by atoms with Gasteiger partial charge in [-0.05, 0) is 18.6 Å². The maximum absolute atomic E-state index is 12.7. The molecule has 1 aromatic rings. The quantitative estimate of drug-likeness (QED) is 0.779. The van der Waals surface area contributed by atoms with Crippen LogP contribution >= 0.6 is 0 Å². The molecule has 24 heavy (non-hydrogen) atoms. The van der Waals surface area contributed by atoms with E-state index in [2.05, 4.69) is 16.8 Å². The molecule has 1 unspecified atom stereocenters. The van der Waals surface area contributed by atoms with Crippen molar-refractivity contribution in [3.63, 3.8) is 0 Å². The zero-order valence-electron chi connectivity index (χ0n) is 14.3. The van der Waals surface area contributed by atoms with Gasteiger partial charge >= 0.3 is 0 Å². The zero-order valence-corrected chi connectivity index (χ0v) is 14.3. The number of nitrogens with zero attached hydrogens (tertiary/aromatic N) is 4. The van der Waals surface area contributed by atoms with Crippen LogP contribution in [0.3, 0.4) is 0 Å². The standard InChI is InChI=1S/C17H24N4O3/c1-13-3-4-18-11-15(13)19-5-7-20(8-6-19)17(23)16-12-21(14(2)22)9-10-24-16/h3-4,11,16H,5-10,12H2,1-2H3. The number of morpholine rings is 1. The fraction of sp³-hybridized carbons (Fsp3) is 0.588. The van der Waals surface area contributed by atoms with Gasteiger partial charge in [-0.3, -0.25) is 14.6 Å². The molecule has 3 heterocycles. The first kappa shape index (κ1) is 16.7. The average molecular weight is 332 g/mol. The zero-order chi connectivity index (χ0) is 17.1. The van der Waals surface area contributed by atoms with Crippen LogP contribution in [0.4, 0.5) is 5.69 Å². The Hall–Kier alpha value is -2.15. The summed E-state index contributed by atoms with van der Waals surface area (Å²) in [5.41, 5.74) is 2.32. The minimum absolute atomic E-state index is 0.00651. The largest absolute Gasteiger partial charge is 0.367 e. The number of rotatable bonds is 2. The van der Waals surface area contributed by atoms with Crippen LogP contribution in [0.25, 0.3) is 0 Å². The molecule has 0 spiro atoms. The monoisotopic (exact) mass is 332 g/mol. The Morgan fingerprint density at radius 2 is 1.92 bits per heavy atom. The predicted octanol–water partition coefficient (Wildman–Crippen LogP) is 0.286. The number of anilines is 1. The highest BCUT2D eigenvalue weighted by molar-refractivity contribution is 5.83. The Morgan fingerprint density at radius 3 is 2.58 bits per heavy atom. The third-order valence-electron chi connectivity index (χ3n) is 4.73. The van der Waals surface area contributed by atoms with E-state index in [0.717, 1.165) is 18.8 Å². The van der Waals surface area contributed by atoms with Crippen molar-refractivity contribution in [2.45, 2.75) is 20.0 Å². The Balaban J connectivity index is 1.57. The average Bonchev–Trinajstić information content (AvgIpc) is 2.62. The smallest absolute Gasteiger partial charge is 0.253 e. The molecule has 1 atom stereocenters. The molecule has 2 fully saturated rings. The van der Waals surface area contributed by atoms with Crippen LogP contribution in [-0.2, 0) is 14.3 Å². The van der Waals surface area contributed by atoms with Crippen molar-refractivity contribution < 1.29 is 14.3 Å². The van der Waals surface area contributed by atoms with Crippen LogP contribution in [0, 0.1) is 6.92 Å². The normalized spacial score (nSPS) is 21.8. The van der Waals surface area contributed by atoms with Crippen molar-refractivity contribution in [1.29, 1.82) is 0 Å². The van der Waals surface area contributed by atoms with E-state index in [1.807, 2.05) is 17.2 Å². The van der Waals surface area contributed by atoms with Crippen LogP contribution in [0.15, 0.2) is 18.5 Å². The maximum atomic E-state index is 12.7. The molecule has 2 aliphatic rings. The lowest BCUT2D eigenvalue weighted by molar-refractivity contribution is -0.153. The van der Waals surface area contributed by atoms with Crippen molar-refractivity contribution in [3.05, 3.63) is 24.0 Å². The van der Waals surface area contributed by atoms with E-state index in [9.17, 15) is 9.59 Å². The third-order valence-corrected chi connectivity index (χ3v) is 4.73. The van der Waals surface area contributed by atoms with Gasteiger partial charge in [-0.25, -0.2) is 0 Å². The Labute approximate surface area is 142 Å². The molecular formula is C17H24N4O3. The molecule has 0 aromatic carbocycles. The van der Waals surface area contributed by atoms with E-state index in [4.69, 9.17) is 4.74 Å². The number of ether oxygens (including phenoxy) is 1. The lowest BCUT2D eigenvalue weighted by atomic mass is 10.2. The summed E-state index contributed by atoms with van der Waals surface area (Å²) in [5, 5.41) is 0. The van der Waals surface area contributed by atoms with Gasteiger partial charge in [0.1, 0.15) is 0 Å². The van der Waals surface area contributed by atoms with E-state index in [-0.39, 0.29) is 11.8 Å². The van der Waals surface area contributed by atoms with Gasteiger partial charge in [-0.2, -0.15) is 0 Å². The van der Waals surface area contributed by atoms with Crippen molar-refractivity contribution in [2.24, 2.45) is 0 Å². The maximum Gasteiger partial charge on any atom is 0.253 e. The van der Waals surface area contributed by atoms with Gasteiger partial charge in [-0.15, -0.1) is 0 Å². The minimum atomic E-state index is -0.533. The predicted molar refractivity (Wildman–Crippen MR) is 89.8 cm³/mol. The van der Waals surface area contributed by atoms with Gasteiger partial charge in [0.05, 0.1) is 25.0 Å². The number of hydrogen-bond donors (Lipinski definition) is 0. The molecular weight excluding hydrogens is 308 g/mol. The summed E-state index contributed by atoms with van der Waals surface area (Å²) in [7, 11) is 0. The van der Waals surface area contributed by atoms with Gasteiger partial charge < -0.3 is 19.4 Å². The van der Waals surface area contributed by atoms with Crippen LogP contribution in [0.2, 0.25) is 0 Å². The minimum Gasteiger partial charge on any atom is -0.367 e. The van der Waals surface area contributed by atoms with Crippen LogP contribution < -0.4 is 4.90 Å². The fourth-order valence-corrected chi connectivity index (χ4v) is 3.24. The van der Waals surface area contributed by atoms with E-state index in [1.54, 1.807) is 11.1 Å². The summed E-state index contributed by atoms with van der Waals surface area (Å²) in [6.07, 6.45) is 3.14. The molecule has 1 aromatic heterocycles. The first-order valence-electron chi connectivity index (χ1n) is 8.37. The number of carbonyl (C=O) groups is 2. The molecule has 0 bridgehead atoms. The number of piperazine rings is 1. The van der Waals surface area contributed by atoms with Crippen LogP contribution in [0.1, 0.15) is 12.5 Å². The highest BCUT2D eigenvalue weighted by atomic mass is 16.5. The van der Waals surface area contributed by atoms with Crippen molar-refractivity contribution in [1.82, 2.24) is 14.8 Å². The van der Waals surface area contributed by atoms with Crippen molar-refractivity contribution >= 4 is 17.5 Å². The lowest BCUT2D eigenvalue weighted by Crippen LogP contribution is -2.56. The SMILES string of the molecule is CC(=O)N1CCOC(C(=O)N2CCN(c3cnccc3C)CC2)C1. The first-order valence-corrected chi connectivity index (χ1v) is 8.37. The topological polar surface area (TPSA) is 66.0 Å². The molecule has 0 aliphatic carbocycles. The number of aryl methyl sites for hydroxylation is 1. The number of amides is 2. The number of pyridine rings is 1. The number of aromatic nitrogens is 1. The Kier molecular flexibility index (Phi) is 4.99.